The second-order valence-corrected chi connectivity index (χ2v) is 2.03. The summed E-state index contributed by atoms with van der Waals surface area (Å²) in [5.41, 5.74) is 5.59. The normalized spacial score (nSPS) is 13.4. The molecule has 60 valence electrons. The lowest BCUT2D eigenvalue weighted by atomic mass is 10.3. The smallest absolute Gasteiger partial charge is 0.303 e. The minimum Gasteiger partial charge on any atom is -0.456 e. The largest absolute Gasteiger partial charge is 0.456 e. The number of hydrogen-bond acceptors (Lipinski definition) is 4. The molecule has 2 N–H and O–H groups in total. The number of nitrogens with two attached hydrogens (primary N) is 1. The Morgan fingerprint density at radius 1 is 1.82 bits per heavy atom. The zero-order chi connectivity index (χ0) is 8.85. The Kier molecular flexibility index (Phi) is 3.75. The summed E-state index contributed by atoms with van der Waals surface area (Å²) in [6.45, 7) is 2.89. The van der Waals surface area contributed by atoms with Gasteiger partial charge in [0.1, 0.15) is 6.10 Å². The standard InChI is InChI=1S/C7H10N2O2/c1-5(11-6(2)10)7(9)3-4-8/h3,5H,9H2,1-2H3. The van der Waals surface area contributed by atoms with Crippen LogP contribution >= 0.6 is 0 Å². The highest BCUT2D eigenvalue weighted by Crippen LogP contribution is 1.98. The molecule has 0 spiro atoms. The van der Waals surface area contributed by atoms with Gasteiger partial charge in [-0.1, -0.05) is 0 Å². The van der Waals surface area contributed by atoms with E-state index in [0.29, 0.717) is 0 Å². The van der Waals surface area contributed by atoms with Crippen molar-refractivity contribution in [3.8, 4) is 6.07 Å². The molecule has 0 amide bonds. The lowest BCUT2D eigenvalue weighted by Crippen LogP contribution is -2.20. The summed E-state index contributed by atoms with van der Waals surface area (Å²) in [4.78, 5) is 10.4. The van der Waals surface area contributed by atoms with Crippen LogP contribution in [-0.4, -0.2) is 12.1 Å². The molecular weight excluding hydrogens is 144 g/mol. The first-order valence-corrected chi connectivity index (χ1v) is 3.10. The van der Waals surface area contributed by atoms with Crippen LogP contribution in [0.2, 0.25) is 0 Å². The van der Waals surface area contributed by atoms with Crippen molar-refractivity contribution >= 4 is 5.97 Å². The van der Waals surface area contributed by atoms with Crippen molar-refractivity contribution in [1.29, 1.82) is 5.26 Å². The van der Waals surface area contributed by atoms with Gasteiger partial charge in [0.25, 0.3) is 0 Å². The number of nitrogens with zero attached hydrogens (tertiary/aromatic N) is 1. The Morgan fingerprint density at radius 3 is 2.73 bits per heavy atom. The third-order valence-corrected chi connectivity index (χ3v) is 1.04. The Morgan fingerprint density at radius 2 is 2.36 bits per heavy atom. The SMILES string of the molecule is CC(=O)OC(C)C(N)=CC#N. The molecule has 11 heavy (non-hydrogen) atoms. The van der Waals surface area contributed by atoms with E-state index in [9.17, 15) is 4.79 Å². The Hall–Kier alpha value is -1.50. The van der Waals surface area contributed by atoms with Crippen molar-refractivity contribution in [1.82, 2.24) is 0 Å². The number of esters is 1. The molecule has 0 saturated heterocycles. The van der Waals surface area contributed by atoms with Gasteiger partial charge < -0.3 is 10.5 Å². The average molecular weight is 154 g/mol. The van der Waals surface area contributed by atoms with Crippen LogP contribution in [-0.2, 0) is 9.53 Å². The number of ether oxygens (including phenoxy) is 1. The Balaban J connectivity index is 4.05. The molecule has 0 aliphatic heterocycles. The zero-order valence-electron chi connectivity index (χ0n) is 6.50. The van der Waals surface area contributed by atoms with Gasteiger partial charge >= 0.3 is 5.97 Å². The fourth-order valence-corrected chi connectivity index (χ4v) is 0.509. The molecule has 0 rings (SSSR count). The van der Waals surface area contributed by atoms with E-state index in [2.05, 4.69) is 4.74 Å². The topological polar surface area (TPSA) is 76.1 Å². The maximum atomic E-state index is 10.4. The summed E-state index contributed by atoms with van der Waals surface area (Å²) >= 11 is 0. The van der Waals surface area contributed by atoms with Crippen LogP contribution in [0, 0.1) is 11.3 Å². The van der Waals surface area contributed by atoms with Gasteiger partial charge in [-0.15, -0.1) is 0 Å². The van der Waals surface area contributed by atoms with E-state index in [-0.39, 0.29) is 5.70 Å². The highest BCUT2D eigenvalue weighted by atomic mass is 16.5. The van der Waals surface area contributed by atoms with Gasteiger partial charge in [0, 0.05) is 13.0 Å². The van der Waals surface area contributed by atoms with Crippen LogP contribution in [0.25, 0.3) is 0 Å². The van der Waals surface area contributed by atoms with E-state index >= 15 is 0 Å². The minimum absolute atomic E-state index is 0.253. The van der Waals surface area contributed by atoms with E-state index in [1.807, 2.05) is 0 Å². The van der Waals surface area contributed by atoms with Crippen LogP contribution in [0.15, 0.2) is 11.8 Å². The molecule has 0 radical (unpaired) electrons. The lowest BCUT2D eigenvalue weighted by Gasteiger charge is -2.10. The van der Waals surface area contributed by atoms with Crippen molar-refractivity contribution in [3.63, 3.8) is 0 Å². The molecule has 0 fully saturated rings. The number of carbonyl (C=O) groups is 1. The highest BCUT2D eigenvalue weighted by molar-refractivity contribution is 5.66. The second kappa shape index (κ2) is 4.34. The van der Waals surface area contributed by atoms with Crippen LogP contribution in [0.3, 0.4) is 0 Å². The van der Waals surface area contributed by atoms with Crippen molar-refractivity contribution in [2.75, 3.05) is 0 Å². The number of hydrogen-bond donors (Lipinski definition) is 1. The molecule has 1 unspecified atom stereocenters. The molecular formula is C7H10N2O2. The summed E-state index contributed by atoms with van der Waals surface area (Å²) in [6.07, 6.45) is 0.625. The molecule has 0 aromatic carbocycles. The first-order valence-electron chi connectivity index (χ1n) is 3.10. The predicted octanol–water partition coefficient (Wildman–Crippen LogP) is 0.304. The van der Waals surface area contributed by atoms with Gasteiger partial charge in [-0.05, 0) is 6.92 Å². The molecule has 4 nitrogen and oxygen atoms in total. The van der Waals surface area contributed by atoms with E-state index in [1.54, 1.807) is 13.0 Å². The summed E-state index contributed by atoms with van der Waals surface area (Å²) in [7, 11) is 0. The van der Waals surface area contributed by atoms with Gasteiger partial charge in [0.15, 0.2) is 0 Å². The molecule has 0 aromatic heterocycles. The fraction of sp³-hybridized carbons (Fsp3) is 0.429. The molecule has 0 bridgehead atoms. The predicted molar refractivity (Wildman–Crippen MR) is 39.1 cm³/mol. The average Bonchev–Trinajstić information content (AvgIpc) is 1.86. The van der Waals surface area contributed by atoms with Crippen LogP contribution in [0.4, 0.5) is 0 Å². The zero-order valence-corrected chi connectivity index (χ0v) is 6.50. The summed E-state index contributed by atoms with van der Waals surface area (Å²) in [6, 6.07) is 1.74. The lowest BCUT2D eigenvalue weighted by molar-refractivity contribution is -0.143. The van der Waals surface area contributed by atoms with E-state index in [1.165, 1.54) is 6.92 Å². The molecule has 0 aliphatic rings. The fourth-order valence-electron chi connectivity index (χ4n) is 0.509. The first kappa shape index (κ1) is 9.50. The molecule has 0 aromatic rings. The highest BCUT2D eigenvalue weighted by Gasteiger charge is 2.06. The van der Waals surface area contributed by atoms with E-state index in [4.69, 9.17) is 11.0 Å². The van der Waals surface area contributed by atoms with Crippen LogP contribution in [0.1, 0.15) is 13.8 Å². The van der Waals surface area contributed by atoms with Crippen molar-refractivity contribution < 1.29 is 9.53 Å². The minimum atomic E-state index is -0.521. The van der Waals surface area contributed by atoms with Gasteiger partial charge in [-0.25, -0.2) is 0 Å². The number of carbonyl (C=O) groups excluding carboxylic acids is 1. The van der Waals surface area contributed by atoms with Crippen molar-refractivity contribution in [2.24, 2.45) is 5.73 Å². The maximum absolute atomic E-state index is 10.4. The molecule has 0 saturated carbocycles. The van der Waals surface area contributed by atoms with Crippen LogP contribution < -0.4 is 5.73 Å². The number of nitriles is 1. The number of rotatable bonds is 2. The third-order valence-electron chi connectivity index (χ3n) is 1.04. The first-order chi connectivity index (χ1) is 5.07. The molecule has 1 atom stereocenters. The third kappa shape index (κ3) is 3.98. The van der Waals surface area contributed by atoms with Crippen molar-refractivity contribution in [3.05, 3.63) is 11.8 Å². The summed E-state index contributed by atoms with van der Waals surface area (Å²) < 4.78 is 4.68. The maximum Gasteiger partial charge on any atom is 0.303 e. The number of allylic oxidation sites excluding steroid dienone is 1. The Labute approximate surface area is 65.2 Å². The van der Waals surface area contributed by atoms with Gasteiger partial charge in [0.05, 0.1) is 11.8 Å². The molecule has 4 heteroatoms. The quantitative estimate of drug-likeness (QED) is 0.458. The van der Waals surface area contributed by atoms with E-state index < -0.39 is 12.1 Å². The summed E-state index contributed by atoms with van der Waals surface area (Å²) in [5.74, 6) is -0.410. The van der Waals surface area contributed by atoms with E-state index in [0.717, 1.165) is 6.08 Å². The monoisotopic (exact) mass is 154 g/mol. The Bertz CT molecular complexity index is 215. The van der Waals surface area contributed by atoms with Gasteiger partial charge in [-0.2, -0.15) is 5.26 Å². The van der Waals surface area contributed by atoms with Gasteiger partial charge in [0.2, 0.25) is 0 Å². The molecule has 0 aliphatic carbocycles. The van der Waals surface area contributed by atoms with Crippen LogP contribution in [0.5, 0.6) is 0 Å². The second-order valence-electron chi connectivity index (χ2n) is 2.03. The molecule has 0 heterocycles. The summed E-state index contributed by atoms with van der Waals surface area (Å²) in [5, 5.41) is 8.17. The van der Waals surface area contributed by atoms with Crippen molar-refractivity contribution in [2.45, 2.75) is 20.0 Å². The van der Waals surface area contributed by atoms with Gasteiger partial charge in [-0.3, -0.25) is 4.79 Å².